The smallest absolute Gasteiger partial charge is 0.253 e. The number of thioether (sulfide) groups is 1. The second-order valence-corrected chi connectivity index (χ2v) is 12.8. The number of hydrogen-bond donors (Lipinski definition) is 0. The van der Waals surface area contributed by atoms with Gasteiger partial charge >= 0.3 is 0 Å². The van der Waals surface area contributed by atoms with E-state index in [9.17, 15) is 4.79 Å². The maximum atomic E-state index is 13.4. The van der Waals surface area contributed by atoms with Crippen LogP contribution in [-0.4, -0.2) is 84.6 Å². The lowest BCUT2D eigenvalue weighted by atomic mass is 10.1. The molecule has 2 aliphatic rings. The minimum Gasteiger partial charge on any atom is -0.368 e. The summed E-state index contributed by atoms with van der Waals surface area (Å²) in [6.07, 6.45) is 4.36. The lowest BCUT2D eigenvalue weighted by Crippen LogP contribution is -2.48. The molecule has 2 saturated heterocycles. The Labute approximate surface area is 275 Å². The normalized spacial score (nSPS) is 16.0. The van der Waals surface area contributed by atoms with E-state index in [1.165, 1.54) is 16.8 Å². The lowest BCUT2D eigenvalue weighted by molar-refractivity contribution is 0.0650. The third-order valence-electron chi connectivity index (χ3n) is 8.40. The van der Waals surface area contributed by atoms with Gasteiger partial charge in [-0.25, -0.2) is 9.97 Å². The first-order chi connectivity index (χ1) is 22.0. The molecule has 0 spiro atoms. The topological polar surface area (TPSA) is 55.8 Å². The van der Waals surface area contributed by atoms with E-state index < -0.39 is 0 Å². The molecule has 9 heteroatoms. The highest BCUT2D eigenvalue weighted by Crippen LogP contribution is 2.27. The largest absolute Gasteiger partial charge is 0.368 e. The second kappa shape index (κ2) is 15.0. The average Bonchev–Trinajstić information content (AvgIpc) is 3.08. The Morgan fingerprint density at radius 2 is 1.56 bits per heavy atom. The molecule has 1 amide bonds. The van der Waals surface area contributed by atoms with Gasteiger partial charge in [-0.15, -0.1) is 0 Å². The molecular weight excluding hydrogens is 600 g/mol. The van der Waals surface area contributed by atoms with Gasteiger partial charge in [-0.1, -0.05) is 96.2 Å². The van der Waals surface area contributed by atoms with Gasteiger partial charge in [-0.3, -0.25) is 9.69 Å². The first-order valence-corrected chi connectivity index (χ1v) is 16.9. The van der Waals surface area contributed by atoms with E-state index in [4.69, 9.17) is 16.6 Å². The fourth-order valence-corrected chi connectivity index (χ4v) is 6.89. The van der Waals surface area contributed by atoms with E-state index in [1.807, 2.05) is 35.2 Å². The third kappa shape index (κ3) is 8.25. The van der Waals surface area contributed by atoms with Crippen LogP contribution in [0.3, 0.4) is 0 Å². The van der Waals surface area contributed by atoms with Gasteiger partial charge in [-0.05, 0) is 41.8 Å². The SMILES string of the molecule is Cc1ccccc1N1CCN(c2cc(Cl)nc(SCc3cccc(C(=O)N4CCN(C/C=C/c5ccccc5)CC4)c3)n2)CC1. The molecule has 0 aliphatic carbocycles. The Hall–Kier alpha value is -3.85. The molecule has 0 bridgehead atoms. The molecule has 3 aromatic carbocycles. The van der Waals surface area contributed by atoms with Crippen LogP contribution in [0.15, 0.2) is 96.2 Å². The summed E-state index contributed by atoms with van der Waals surface area (Å²) in [6.45, 7) is 9.85. The average molecular weight is 639 g/mol. The summed E-state index contributed by atoms with van der Waals surface area (Å²) in [6, 6.07) is 28.7. The van der Waals surface area contributed by atoms with Crippen LogP contribution in [0.1, 0.15) is 27.0 Å². The standard InChI is InChI=1S/C36H39ClN6OS/c1-28-9-5-6-15-32(28)41-21-23-42(24-22-41)34-26-33(37)38-36(39-34)45-27-30-12-7-14-31(25-30)35(44)43-19-17-40(18-20-43)16-8-13-29-10-3-2-4-11-29/h2-15,25-26H,16-24,27H2,1H3/b13-8+. The second-order valence-electron chi connectivity index (χ2n) is 11.5. The molecule has 3 heterocycles. The summed E-state index contributed by atoms with van der Waals surface area (Å²) < 4.78 is 0. The van der Waals surface area contributed by atoms with Crippen molar-refractivity contribution in [3.63, 3.8) is 0 Å². The number of para-hydroxylation sites is 1. The first kappa shape index (κ1) is 31.1. The number of carbonyl (C=O) groups is 1. The third-order valence-corrected chi connectivity index (χ3v) is 9.51. The fraction of sp³-hybridized carbons (Fsp3) is 0.306. The zero-order valence-corrected chi connectivity index (χ0v) is 27.3. The van der Waals surface area contributed by atoms with Crippen molar-refractivity contribution in [1.82, 2.24) is 19.8 Å². The van der Waals surface area contributed by atoms with Gasteiger partial charge in [0.15, 0.2) is 5.16 Å². The predicted molar refractivity (Wildman–Crippen MR) is 186 cm³/mol. The van der Waals surface area contributed by atoms with Crippen molar-refractivity contribution in [3.05, 3.63) is 118 Å². The molecule has 0 radical (unpaired) electrons. The Morgan fingerprint density at radius 1 is 0.822 bits per heavy atom. The number of aromatic nitrogens is 2. The minimum absolute atomic E-state index is 0.0902. The molecule has 1 aromatic heterocycles. The van der Waals surface area contributed by atoms with Crippen molar-refractivity contribution < 1.29 is 4.79 Å². The number of hydrogen-bond acceptors (Lipinski definition) is 7. The molecule has 4 aromatic rings. The minimum atomic E-state index is 0.0902. The van der Waals surface area contributed by atoms with Crippen molar-refractivity contribution >= 4 is 46.9 Å². The first-order valence-electron chi connectivity index (χ1n) is 15.6. The fourth-order valence-electron chi connectivity index (χ4n) is 5.87. The summed E-state index contributed by atoms with van der Waals surface area (Å²) in [4.78, 5) is 31.8. The highest BCUT2D eigenvalue weighted by Gasteiger charge is 2.23. The van der Waals surface area contributed by atoms with Crippen LogP contribution in [0.4, 0.5) is 11.5 Å². The quantitative estimate of drug-likeness (QED) is 0.117. The van der Waals surface area contributed by atoms with Gasteiger partial charge in [0.1, 0.15) is 11.0 Å². The van der Waals surface area contributed by atoms with Crippen LogP contribution in [0.2, 0.25) is 5.15 Å². The molecule has 6 rings (SSSR count). The maximum absolute atomic E-state index is 13.4. The monoisotopic (exact) mass is 638 g/mol. The molecule has 7 nitrogen and oxygen atoms in total. The Morgan fingerprint density at radius 3 is 2.33 bits per heavy atom. The van der Waals surface area contributed by atoms with Gasteiger partial charge in [0.05, 0.1) is 0 Å². The van der Waals surface area contributed by atoms with E-state index in [-0.39, 0.29) is 5.91 Å². The van der Waals surface area contributed by atoms with Crippen molar-refractivity contribution in [2.75, 3.05) is 68.7 Å². The summed E-state index contributed by atoms with van der Waals surface area (Å²) in [5.41, 5.74) is 5.59. The van der Waals surface area contributed by atoms with Crippen LogP contribution >= 0.6 is 23.4 Å². The summed E-state index contributed by atoms with van der Waals surface area (Å²) >= 11 is 8.00. The van der Waals surface area contributed by atoms with Crippen LogP contribution in [0.25, 0.3) is 6.08 Å². The number of carbonyl (C=O) groups excluding carboxylic acids is 1. The summed E-state index contributed by atoms with van der Waals surface area (Å²) in [7, 11) is 0. The van der Waals surface area contributed by atoms with E-state index >= 15 is 0 Å². The molecule has 0 unspecified atom stereocenters. The highest BCUT2D eigenvalue weighted by molar-refractivity contribution is 7.98. The Bertz CT molecular complexity index is 1620. The van der Waals surface area contributed by atoms with Crippen LogP contribution in [-0.2, 0) is 5.75 Å². The number of aryl methyl sites for hydroxylation is 1. The molecule has 45 heavy (non-hydrogen) atoms. The van der Waals surface area contributed by atoms with Gasteiger partial charge in [0.2, 0.25) is 0 Å². The van der Waals surface area contributed by atoms with E-state index in [1.54, 1.807) is 11.8 Å². The zero-order chi connectivity index (χ0) is 31.0. The highest BCUT2D eigenvalue weighted by atomic mass is 35.5. The van der Waals surface area contributed by atoms with E-state index in [2.05, 4.69) is 93.4 Å². The summed E-state index contributed by atoms with van der Waals surface area (Å²) in [5.74, 6) is 1.61. The number of nitrogens with zero attached hydrogens (tertiary/aromatic N) is 6. The van der Waals surface area contributed by atoms with Crippen molar-refractivity contribution in [2.24, 2.45) is 0 Å². The van der Waals surface area contributed by atoms with E-state index in [0.29, 0.717) is 16.1 Å². The van der Waals surface area contributed by atoms with Crippen molar-refractivity contribution in [1.29, 1.82) is 0 Å². The Kier molecular flexibility index (Phi) is 10.4. The number of anilines is 2. The van der Waals surface area contributed by atoms with Crippen LogP contribution in [0, 0.1) is 6.92 Å². The molecule has 232 valence electrons. The van der Waals surface area contributed by atoms with E-state index in [0.717, 1.165) is 75.8 Å². The summed E-state index contributed by atoms with van der Waals surface area (Å²) in [5, 5.41) is 1.09. The molecular formula is C36H39ClN6OS. The van der Waals surface area contributed by atoms with Gasteiger partial charge < -0.3 is 14.7 Å². The lowest BCUT2D eigenvalue weighted by Gasteiger charge is -2.37. The molecule has 0 saturated carbocycles. The molecule has 2 aliphatic heterocycles. The van der Waals surface area contributed by atoms with Crippen molar-refractivity contribution in [3.8, 4) is 0 Å². The maximum Gasteiger partial charge on any atom is 0.253 e. The molecule has 0 atom stereocenters. The number of benzene rings is 3. The predicted octanol–water partition coefficient (Wildman–Crippen LogP) is 6.53. The van der Waals surface area contributed by atoms with Crippen LogP contribution < -0.4 is 9.80 Å². The number of halogens is 1. The van der Waals surface area contributed by atoms with Crippen molar-refractivity contribution in [2.45, 2.75) is 17.8 Å². The van der Waals surface area contributed by atoms with Crippen LogP contribution in [0.5, 0.6) is 0 Å². The Balaban J connectivity index is 1.00. The van der Waals surface area contributed by atoms with Gasteiger partial charge in [0, 0.05) is 82.0 Å². The number of piperazine rings is 2. The zero-order valence-electron chi connectivity index (χ0n) is 25.7. The molecule has 2 fully saturated rings. The van der Waals surface area contributed by atoms with Gasteiger partial charge in [0.25, 0.3) is 5.91 Å². The number of rotatable bonds is 9. The number of amides is 1. The molecule has 0 N–H and O–H groups in total. The van der Waals surface area contributed by atoms with Gasteiger partial charge in [-0.2, -0.15) is 0 Å².